The summed E-state index contributed by atoms with van der Waals surface area (Å²) in [6, 6.07) is 63.7. The second-order valence-electron chi connectivity index (χ2n) is 16.2. The van der Waals surface area contributed by atoms with Gasteiger partial charge in [-0.2, -0.15) is 0 Å². The highest BCUT2D eigenvalue weighted by atomic mass is 16.3. The van der Waals surface area contributed by atoms with Gasteiger partial charge in [0, 0.05) is 43.8 Å². The number of hydrogen-bond acceptors (Lipinski definition) is 5. The average Bonchev–Trinajstić information content (AvgIpc) is 3.81. The molecule has 60 heavy (non-hydrogen) atoms. The SMILES string of the molecule is CC1(C)c2ccccc2-c2ccc(-c3nc(-c4ccccc4)nc(-c4cc(-c5cccc(-c6nc7ccccc7c7c6oc6ccccc67)c5)cc5ccccc45)n3)cc21. The normalized spacial score (nSPS) is 13.0. The maximum atomic E-state index is 6.59. The largest absolute Gasteiger partial charge is 0.454 e. The van der Waals surface area contributed by atoms with Crippen molar-refractivity contribution in [3.8, 4) is 67.7 Å². The lowest BCUT2D eigenvalue weighted by Gasteiger charge is -2.21. The zero-order chi connectivity index (χ0) is 40.0. The Kier molecular flexibility index (Phi) is 7.51. The van der Waals surface area contributed by atoms with Crippen molar-refractivity contribution in [3.63, 3.8) is 0 Å². The molecule has 282 valence electrons. The van der Waals surface area contributed by atoms with Gasteiger partial charge in [0.05, 0.1) is 5.52 Å². The van der Waals surface area contributed by atoms with Gasteiger partial charge in [-0.3, -0.25) is 0 Å². The molecule has 0 saturated heterocycles. The Morgan fingerprint density at radius 3 is 1.95 bits per heavy atom. The number of furan rings is 1. The van der Waals surface area contributed by atoms with Crippen molar-refractivity contribution < 1.29 is 4.42 Å². The number of hydrogen-bond donors (Lipinski definition) is 0. The lowest BCUT2D eigenvalue weighted by atomic mass is 9.82. The van der Waals surface area contributed by atoms with Crippen LogP contribution < -0.4 is 0 Å². The molecular weight excluding hydrogens is 733 g/mol. The van der Waals surface area contributed by atoms with E-state index in [1.807, 2.05) is 36.4 Å². The summed E-state index contributed by atoms with van der Waals surface area (Å²) >= 11 is 0. The number of nitrogens with zero attached hydrogens (tertiary/aromatic N) is 4. The molecule has 0 saturated carbocycles. The van der Waals surface area contributed by atoms with Crippen LogP contribution in [0, 0.1) is 0 Å². The van der Waals surface area contributed by atoms with Crippen LogP contribution in [0.3, 0.4) is 0 Å². The first-order valence-electron chi connectivity index (χ1n) is 20.4. The number of aromatic nitrogens is 4. The highest BCUT2D eigenvalue weighted by molar-refractivity contribution is 6.20. The van der Waals surface area contributed by atoms with Crippen LogP contribution in [-0.2, 0) is 5.41 Å². The minimum absolute atomic E-state index is 0.155. The van der Waals surface area contributed by atoms with Gasteiger partial charge in [0.1, 0.15) is 11.3 Å². The van der Waals surface area contributed by atoms with Crippen molar-refractivity contribution in [1.82, 2.24) is 19.9 Å². The smallest absolute Gasteiger partial charge is 0.164 e. The minimum atomic E-state index is -0.155. The molecule has 0 unspecified atom stereocenters. The Bertz CT molecular complexity index is 3530. The van der Waals surface area contributed by atoms with Crippen molar-refractivity contribution in [2.75, 3.05) is 0 Å². The van der Waals surface area contributed by atoms with Crippen LogP contribution in [0.1, 0.15) is 25.0 Å². The Hall–Kier alpha value is -7.76. The van der Waals surface area contributed by atoms with Crippen molar-refractivity contribution in [2.45, 2.75) is 19.3 Å². The molecule has 12 rings (SSSR count). The van der Waals surface area contributed by atoms with Crippen molar-refractivity contribution in [1.29, 1.82) is 0 Å². The molecule has 0 atom stereocenters. The van der Waals surface area contributed by atoms with E-state index < -0.39 is 0 Å². The second kappa shape index (κ2) is 13.1. The first-order chi connectivity index (χ1) is 29.5. The predicted molar refractivity (Wildman–Crippen MR) is 245 cm³/mol. The monoisotopic (exact) mass is 768 g/mol. The maximum Gasteiger partial charge on any atom is 0.164 e. The molecule has 8 aromatic carbocycles. The van der Waals surface area contributed by atoms with Gasteiger partial charge in [-0.1, -0.05) is 159 Å². The van der Waals surface area contributed by atoms with Crippen molar-refractivity contribution >= 4 is 43.6 Å². The molecule has 0 amide bonds. The first-order valence-corrected chi connectivity index (χ1v) is 20.4. The fourth-order valence-electron chi connectivity index (χ4n) is 9.32. The van der Waals surface area contributed by atoms with Crippen molar-refractivity contribution in [3.05, 3.63) is 193 Å². The van der Waals surface area contributed by atoms with E-state index in [-0.39, 0.29) is 5.41 Å². The molecule has 5 heteroatoms. The molecule has 3 aromatic heterocycles. The third kappa shape index (κ3) is 5.33. The summed E-state index contributed by atoms with van der Waals surface area (Å²) in [5, 5.41) is 5.42. The molecule has 0 aliphatic heterocycles. The van der Waals surface area contributed by atoms with E-state index in [2.05, 4.69) is 159 Å². The summed E-state index contributed by atoms with van der Waals surface area (Å²) < 4.78 is 6.59. The highest BCUT2D eigenvalue weighted by Crippen LogP contribution is 2.49. The molecule has 1 aliphatic carbocycles. The molecule has 0 spiro atoms. The zero-order valence-corrected chi connectivity index (χ0v) is 33.0. The number of para-hydroxylation sites is 2. The highest BCUT2D eigenvalue weighted by Gasteiger charge is 2.35. The minimum Gasteiger partial charge on any atom is -0.454 e. The molecule has 0 bridgehead atoms. The topological polar surface area (TPSA) is 64.7 Å². The van der Waals surface area contributed by atoms with Gasteiger partial charge in [0.25, 0.3) is 0 Å². The van der Waals surface area contributed by atoms with Crippen molar-refractivity contribution in [2.24, 2.45) is 0 Å². The van der Waals surface area contributed by atoms with Gasteiger partial charge in [-0.15, -0.1) is 0 Å². The molecular formula is C55H36N4O. The van der Waals surface area contributed by atoms with Crippen LogP contribution in [0.15, 0.2) is 186 Å². The zero-order valence-electron chi connectivity index (χ0n) is 33.0. The van der Waals surface area contributed by atoms with Gasteiger partial charge < -0.3 is 4.42 Å². The van der Waals surface area contributed by atoms with E-state index in [1.165, 1.54) is 22.3 Å². The first kappa shape index (κ1) is 34.3. The van der Waals surface area contributed by atoms with Gasteiger partial charge in [-0.25, -0.2) is 19.9 Å². The fraction of sp³-hybridized carbons (Fsp3) is 0.0545. The maximum absolute atomic E-state index is 6.59. The van der Waals surface area contributed by atoms with Crippen LogP contribution in [0.2, 0.25) is 0 Å². The third-order valence-electron chi connectivity index (χ3n) is 12.3. The standard InChI is InChI=1S/C55H36N4O/c1-55(2)45-24-11-8-21-40(45)41-28-27-37(32-46(41)55)53-57-52(33-15-4-3-5-16-33)58-54(59-53)44-31-38(30-35-17-6-7-20-39(35)44)34-18-14-19-36(29-34)50-51-49(42-22-9-12-25-47(42)56-50)43-23-10-13-26-48(43)60-51/h3-32H,1-2H3. The van der Waals surface area contributed by atoms with Crippen LogP contribution in [0.4, 0.5) is 0 Å². The Morgan fingerprint density at radius 2 is 1.07 bits per heavy atom. The summed E-state index contributed by atoms with van der Waals surface area (Å²) in [6.45, 7) is 4.61. The molecule has 0 N–H and O–H groups in total. The van der Waals surface area contributed by atoms with Crippen LogP contribution in [0.5, 0.6) is 0 Å². The third-order valence-corrected chi connectivity index (χ3v) is 12.3. The summed E-state index contributed by atoms with van der Waals surface area (Å²) in [5.74, 6) is 1.89. The number of fused-ring (bicyclic) bond motifs is 9. The lowest BCUT2D eigenvalue weighted by molar-refractivity contribution is 0.660. The Labute approximate surface area is 346 Å². The fourth-order valence-corrected chi connectivity index (χ4v) is 9.32. The van der Waals surface area contributed by atoms with E-state index in [4.69, 9.17) is 24.4 Å². The summed E-state index contributed by atoms with van der Waals surface area (Å²) in [7, 11) is 0. The number of benzene rings is 8. The summed E-state index contributed by atoms with van der Waals surface area (Å²) in [4.78, 5) is 20.9. The van der Waals surface area contributed by atoms with Gasteiger partial charge in [0.2, 0.25) is 0 Å². The molecule has 0 radical (unpaired) electrons. The molecule has 1 aliphatic rings. The van der Waals surface area contributed by atoms with E-state index in [0.29, 0.717) is 17.5 Å². The molecule has 0 fully saturated rings. The van der Waals surface area contributed by atoms with Crippen LogP contribution in [0.25, 0.3) is 111 Å². The Morgan fingerprint density at radius 1 is 0.400 bits per heavy atom. The van der Waals surface area contributed by atoms with E-state index in [0.717, 1.165) is 82.7 Å². The molecule has 5 nitrogen and oxygen atoms in total. The summed E-state index contributed by atoms with van der Waals surface area (Å²) in [5.41, 5.74) is 14.3. The average molecular weight is 769 g/mol. The predicted octanol–water partition coefficient (Wildman–Crippen LogP) is 14.1. The van der Waals surface area contributed by atoms with E-state index >= 15 is 0 Å². The summed E-state index contributed by atoms with van der Waals surface area (Å²) in [6.07, 6.45) is 0. The van der Waals surface area contributed by atoms with Gasteiger partial charge in [-0.05, 0) is 80.6 Å². The quantitative estimate of drug-likeness (QED) is 0.174. The van der Waals surface area contributed by atoms with Crippen LogP contribution >= 0.6 is 0 Å². The number of rotatable bonds is 5. The van der Waals surface area contributed by atoms with E-state index in [1.54, 1.807) is 0 Å². The van der Waals surface area contributed by atoms with Crippen LogP contribution in [-0.4, -0.2) is 19.9 Å². The van der Waals surface area contributed by atoms with Gasteiger partial charge >= 0.3 is 0 Å². The van der Waals surface area contributed by atoms with E-state index in [9.17, 15) is 0 Å². The molecule has 11 aromatic rings. The second-order valence-corrected chi connectivity index (χ2v) is 16.2. The molecule has 3 heterocycles. The lowest BCUT2D eigenvalue weighted by Crippen LogP contribution is -2.15. The Balaban J connectivity index is 1.04. The number of pyridine rings is 1. The van der Waals surface area contributed by atoms with Gasteiger partial charge in [0.15, 0.2) is 23.1 Å².